The van der Waals surface area contributed by atoms with Crippen molar-refractivity contribution in [3.63, 3.8) is 0 Å². The van der Waals surface area contributed by atoms with Crippen LogP contribution in [0.4, 0.5) is 8.78 Å². The number of aromatic nitrogens is 5. The fraction of sp³-hybridized carbons (Fsp3) is 0.105. The summed E-state index contributed by atoms with van der Waals surface area (Å²) in [6, 6.07) is 11.0. The molecule has 0 aliphatic rings. The molecule has 0 bridgehead atoms. The average molecular weight is 381 g/mol. The number of halogens is 2. The van der Waals surface area contributed by atoms with Gasteiger partial charge in [0.2, 0.25) is 0 Å². The van der Waals surface area contributed by atoms with Crippen LogP contribution in [-0.4, -0.2) is 30.2 Å². The summed E-state index contributed by atoms with van der Waals surface area (Å²) in [5, 5.41) is 12.2. The molecule has 0 saturated heterocycles. The average Bonchev–Trinajstić information content (AvgIpc) is 2.98. The van der Waals surface area contributed by atoms with E-state index in [1.54, 1.807) is 0 Å². The van der Waals surface area contributed by atoms with Gasteiger partial charge in [-0.25, -0.2) is 22.7 Å². The standard InChI is InChI=1S/C19H13F2N5O2/c1-11(27)10-25-19(28)26-17(13-4-8-15(21)9-5-13)16(22-23-18(26)24-25)12-2-6-14(20)7-3-12/h2-9H,10H2,1H3. The van der Waals surface area contributed by atoms with Gasteiger partial charge in [0, 0.05) is 11.1 Å². The third-order valence-electron chi connectivity index (χ3n) is 4.12. The van der Waals surface area contributed by atoms with Crippen LogP contribution in [0.15, 0.2) is 53.3 Å². The maximum atomic E-state index is 13.4. The summed E-state index contributed by atoms with van der Waals surface area (Å²) in [6.45, 7) is 1.13. The molecule has 9 heteroatoms. The number of carbonyl (C=O) groups excluding carboxylic acids is 1. The van der Waals surface area contributed by atoms with Gasteiger partial charge in [-0.05, 0) is 55.5 Å². The first-order chi connectivity index (χ1) is 13.4. The monoisotopic (exact) mass is 381 g/mol. The van der Waals surface area contributed by atoms with Crippen LogP contribution in [0.3, 0.4) is 0 Å². The van der Waals surface area contributed by atoms with Crippen molar-refractivity contribution in [1.82, 2.24) is 24.4 Å². The molecule has 4 aromatic rings. The first-order valence-electron chi connectivity index (χ1n) is 8.31. The zero-order chi connectivity index (χ0) is 19.8. The molecule has 0 aliphatic carbocycles. The van der Waals surface area contributed by atoms with E-state index in [4.69, 9.17) is 0 Å². The number of hydrogen-bond acceptors (Lipinski definition) is 5. The molecule has 140 valence electrons. The Hall–Kier alpha value is -3.75. The van der Waals surface area contributed by atoms with Crippen molar-refractivity contribution in [1.29, 1.82) is 0 Å². The molecule has 0 atom stereocenters. The summed E-state index contributed by atoms with van der Waals surface area (Å²) < 4.78 is 29.0. The van der Waals surface area contributed by atoms with Crippen molar-refractivity contribution in [3.8, 4) is 22.5 Å². The van der Waals surface area contributed by atoms with Crippen molar-refractivity contribution in [2.45, 2.75) is 13.5 Å². The second-order valence-corrected chi connectivity index (χ2v) is 6.19. The molecule has 0 radical (unpaired) electrons. The lowest BCUT2D eigenvalue weighted by Crippen LogP contribution is -2.25. The Morgan fingerprint density at radius 1 is 0.929 bits per heavy atom. The van der Waals surface area contributed by atoms with Gasteiger partial charge in [-0.15, -0.1) is 15.3 Å². The Labute approximate surface area is 156 Å². The predicted octanol–water partition coefficient (Wildman–Crippen LogP) is 2.49. The van der Waals surface area contributed by atoms with Crippen molar-refractivity contribution in [2.24, 2.45) is 0 Å². The van der Waals surface area contributed by atoms with E-state index in [0.29, 0.717) is 22.5 Å². The van der Waals surface area contributed by atoms with Gasteiger partial charge < -0.3 is 0 Å². The fourth-order valence-electron chi connectivity index (χ4n) is 2.89. The summed E-state index contributed by atoms with van der Waals surface area (Å²) in [6.07, 6.45) is 0. The quantitative estimate of drug-likeness (QED) is 0.542. The van der Waals surface area contributed by atoms with Gasteiger partial charge >= 0.3 is 5.69 Å². The molecule has 2 heterocycles. The van der Waals surface area contributed by atoms with Crippen molar-refractivity contribution < 1.29 is 13.6 Å². The predicted molar refractivity (Wildman–Crippen MR) is 96.5 cm³/mol. The van der Waals surface area contributed by atoms with E-state index in [1.165, 1.54) is 59.9 Å². The molecule has 0 spiro atoms. The van der Waals surface area contributed by atoms with Gasteiger partial charge in [0.25, 0.3) is 5.78 Å². The van der Waals surface area contributed by atoms with E-state index in [9.17, 15) is 18.4 Å². The fourth-order valence-corrected chi connectivity index (χ4v) is 2.89. The first kappa shape index (κ1) is 17.7. The number of rotatable bonds is 4. The molecule has 4 rings (SSSR count). The minimum Gasteiger partial charge on any atom is -0.298 e. The van der Waals surface area contributed by atoms with Crippen molar-refractivity contribution >= 4 is 11.6 Å². The van der Waals surface area contributed by atoms with E-state index >= 15 is 0 Å². The van der Waals surface area contributed by atoms with E-state index in [2.05, 4.69) is 15.3 Å². The van der Waals surface area contributed by atoms with Crippen LogP contribution in [-0.2, 0) is 11.3 Å². The highest BCUT2D eigenvalue weighted by molar-refractivity contribution is 5.79. The second kappa shape index (κ2) is 6.76. The zero-order valence-electron chi connectivity index (χ0n) is 14.6. The Morgan fingerprint density at radius 2 is 1.50 bits per heavy atom. The summed E-state index contributed by atoms with van der Waals surface area (Å²) in [5.74, 6) is -1.12. The summed E-state index contributed by atoms with van der Waals surface area (Å²) in [7, 11) is 0. The molecule has 2 aromatic heterocycles. The van der Waals surface area contributed by atoms with Gasteiger partial charge in [-0.1, -0.05) is 0 Å². The highest BCUT2D eigenvalue weighted by atomic mass is 19.1. The van der Waals surface area contributed by atoms with Crippen LogP contribution in [0, 0.1) is 11.6 Å². The number of Topliss-reactive ketones (excluding diaryl/α,β-unsaturated/α-hetero) is 1. The van der Waals surface area contributed by atoms with Gasteiger partial charge in [0.15, 0.2) is 5.78 Å². The van der Waals surface area contributed by atoms with Gasteiger partial charge in [-0.2, -0.15) is 0 Å². The van der Waals surface area contributed by atoms with E-state index in [0.717, 1.165) is 4.68 Å². The molecule has 7 nitrogen and oxygen atoms in total. The Bertz CT molecular complexity index is 1240. The largest absolute Gasteiger partial charge is 0.352 e. The number of nitrogens with zero attached hydrogens (tertiary/aromatic N) is 5. The molecular weight excluding hydrogens is 368 g/mol. The molecule has 0 amide bonds. The molecule has 0 unspecified atom stereocenters. The SMILES string of the molecule is CC(=O)Cn1nc2nnc(-c3ccc(F)cc3)c(-c3ccc(F)cc3)n2c1=O. The number of fused-ring (bicyclic) bond motifs is 1. The summed E-state index contributed by atoms with van der Waals surface area (Å²) >= 11 is 0. The summed E-state index contributed by atoms with van der Waals surface area (Å²) in [5.41, 5.74) is 1.04. The normalized spacial score (nSPS) is 11.1. The van der Waals surface area contributed by atoms with Crippen LogP contribution >= 0.6 is 0 Å². The Kier molecular flexibility index (Phi) is 4.26. The van der Waals surface area contributed by atoms with Crippen LogP contribution in [0.5, 0.6) is 0 Å². The number of benzene rings is 2. The Balaban J connectivity index is 2.06. The molecule has 0 saturated carbocycles. The molecule has 0 N–H and O–H groups in total. The maximum Gasteiger partial charge on any atom is 0.352 e. The van der Waals surface area contributed by atoms with E-state index in [-0.39, 0.29) is 18.1 Å². The molecule has 0 fully saturated rings. The summed E-state index contributed by atoms with van der Waals surface area (Å²) in [4.78, 5) is 24.3. The van der Waals surface area contributed by atoms with Gasteiger partial charge in [0.05, 0.1) is 5.69 Å². The van der Waals surface area contributed by atoms with E-state index in [1.807, 2.05) is 0 Å². The zero-order valence-corrected chi connectivity index (χ0v) is 14.6. The molecule has 0 aliphatic heterocycles. The highest BCUT2D eigenvalue weighted by Gasteiger charge is 2.20. The lowest BCUT2D eigenvalue weighted by molar-refractivity contribution is -0.117. The Morgan fingerprint density at radius 3 is 2.07 bits per heavy atom. The second-order valence-electron chi connectivity index (χ2n) is 6.19. The van der Waals surface area contributed by atoms with Crippen LogP contribution in [0.25, 0.3) is 28.3 Å². The first-order valence-corrected chi connectivity index (χ1v) is 8.31. The third kappa shape index (κ3) is 3.07. The molecular formula is C19H13F2N5O2. The van der Waals surface area contributed by atoms with Gasteiger partial charge in [0.1, 0.15) is 23.9 Å². The van der Waals surface area contributed by atoms with Crippen LogP contribution in [0.2, 0.25) is 0 Å². The number of ketones is 1. The third-order valence-corrected chi connectivity index (χ3v) is 4.12. The van der Waals surface area contributed by atoms with Crippen molar-refractivity contribution in [2.75, 3.05) is 0 Å². The van der Waals surface area contributed by atoms with Gasteiger partial charge in [-0.3, -0.25) is 4.79 Å². The topological polar surface area (TPSA) is 82.2 Å². The number of carbonyl (C=O) groups is 1. The maximum absolute atomic E-state index is 13.4. The lowest BCUT2D eigenvalue weighted by atomic mass is 10.0. The highest BCUT2D eigenvalue weighted by Crippen LogP contribution is 2.29. The lowest BCUT2D eigenvalue weighted by Gasteiger charge is -2.10. The number of hydrogen-bond donors (Lipinski definition) is 0. The van der Waals surface area contributed by atoms with Crippen molar-refractivity contribution in [3.05, 3.63) is 70.6 Å². The molecule has 28 heavy (non-hydrogen) atoms. The smallest absolute Gasteiger partial charge is 0.298 e. The van der Waals surface area contributed by atoms with Crippen LogP contribution < -0.4 is 5.69 Å². The van der Waals surface area contributed by atoms with Crippen LogP contribution in [0.1, 0.15) is 6.92 Å². The minimum atomic E-state index is -0.581. The molecule has 2 aromatic carbocycles. The van der Waals surface area contributed by atoms with E-state index < -0.39 is 17.3 Å². The minimum absolute atomic E-state index is 0.00330.